The van der Waals surface area contributed by atoms with Gasteiger partial charge in [0, 0.05) is 30.9 Å². The van der Waals surface area contributed by atoms with Crippen molar-refractivity contribution in [1.82, 2.24) is 14.9 Å². The first kappa shape index (κ1) is 20.9. The van der Waals surface area contributed by atoms with Crippen molar-refractivity contribution >= 4 is 23.4 Å². The van der Waals surface area contributed by atoms with Gasteiger partial charge in [-0.2, -0.15) is 0 Å². The Labute approximate surface area is 172 Å². The Balaban J connectivity index is 1.67. The van der Waals surface area contributed by atoms with Gasteiger partial charge >= 0.3 is 6.09 Å². The van der Waals surface area contributed by atoms with Crippen LogP contribution in [-0.2, 0) is 4.74 Å². The summed E-state index contributed by atoms with van der Waals surface area (Å²) in [7, 11) is 0. The van der Waals surface area contributed by atoms with Gasteiger partial charge in [-0.1, -0.05) is 17.7 Å². The minimum absolute atomic E-state index is 0.223. The van der Waals surface area contributed by atoms with Crippen LogP contribution in [0.2, 0.25) is 0 Å². The predicted molar refractivity (Wildman–Crippen MR) is 116 cm³/mol. The number of aryl methyl sites for hydroxylation is 4. The van der Waals surface area contributed by atoms with Crippen LogP contribution >= 0.6 is 0 Å². The van der Waals surface area contributed by atoms with E-state index in [2.05, 4.69) is 53.5 Å². The molecule has 3 rings (SSSR count). The zero-order valence-electron chi connectivity index (χ0n) is 18.0. The molecule has 1 aliphatic rings. The van der Waals surface area contributed by atoms with Gasteiger partial charge in [-0.3, -0.25) is 0 Å². The van der Waals surface area contributed by atoms with Crippen LogP contribution in [0.4, 0.5) is 22.1 Å². The number of aromatic nitrogens is 2. The molecule has 1 aromatic heterocycles. The number of hydrogen-bond acceptors (Lipinski definition) is 6. The molecular formula is C22H31N5O2. The van der Waals surface area contributed by atoms with E-state index < -0.39 is 0 Å². The standard InChI is InChI=1S/C22H31N5O2/c1-6-29-22(28)27-9-7-18(8-10-27)25-19-13-20(24-17(5)23-19)26-21-15(3)11-14(2)12-16(21)4/h11-13,18H,6-10H2,1-5H3,(H2,23,24,25,26). The highest BCUT2D eigenvalue weighted by Crippen LogP contribution is 2.26. The molecule has 0 spiro atoms. The van der Waals surface area contributed by atoms with E-state index in [9.17, 15) is 4.79 Å². The van der Waals surface area contributed by atoms with Crippen LogP contribution in [0.1, 0.15) is 42.3 Å². The number of piperidine rings is 1. The summed E-state index contributed by atoms with van der Waals surface area (Å²) in [6, 6.07) is 6.55. The Morgan fingerprint density at radius 3 is 2.31 bits per heavy atom. The highest BCUT2D eigenvalue weighted by molar-refractivity contribution is 5.68. The van der Waals surface area contributed by atoms with Crippen LogP contribution in [0.3, 0.4) is 0 Å². The van der Waals surface area contributed by atoms with Crippen molar-refractivity contribution in [2.75, 3.05) is 30.3 Å². The number of nitrogens with zero attached hydrogens (tertiary/aromatic N) is 3. The van der Waals surface area contributed by atoms with Gasteiger partial charge < -0.3 is 20.3 Å². The Hall–Kier alpha value is -2.83. The third-order valence-corrected chi connectivity index (χ3v) is 5.14. The molecule has 2 heterocycles. The van der Waals surface area contributed by atoms with Crippen molar-refractivity contribution < 1.29 is 9.53 Å². The molecule has 0 aliphatic carbocycles. The van der Waals surface area contributed by atoms with Gasteiger partial charge in [-0.05, 0) is 58.6 Å². The molecule has 7 nitrogen and oxygen atoms in total. The minimum atomic E-state index is -0.223. The van der Waals surface area contributed by atoms with Crippen molar-refractivity contribution in [2.45, 2.75) is 53.5 Å². The number of carbonyl (C=O) groups excluding carboxylic acids is 1. The average molecular weight is 398 g/mol. The molecule has 1 fully saturated rings. The smallest absolute Gasteiger partial charge is 0.409 e. The van der Waals surface area contributed by atoms with Crippen LogP contribution in [0.25, 0.3) is 0 Å². The van der Waals surface area contributed by atoms with Crippen molar-refractivity contribution in [3.05, 3.63) is 40.7 Å². The van der Waals surface area contributed by atoms with Crippen molar-refractivity contribution in [3.63, 3.8) is 0 Å². The van der Waals surface area contributed by atoms with E-state index >= 15 is 0 Å². The largest absolute Gasteiger partial charge is 0.450 e. The van der Waals surface area contributed by atoms with E-state index in [0.29, 0.717) is 25.5 Å². The molecule has 1 amide bonds. The van der Waals surface area contributed by atoms with Crippen LogP contribution in [0.15, 0.2) is 18.2 Å². The molecular weight excluding hydrogens is 366 g/mol. The van der Waals surface area contributed by atoms with E-state index in [0.717, 1.165) is 30.2 Å². The van der Waals surface area contributed by atoms with Crippen LogP contribution in [0.5, 0.6) is 0 Å². The predicted octanol–water partition coefficient (Wildman–Crippen LogP) is 4.49. The summed E-state index contributed by atoms with van der Waals surface area (Å²) >= 11 is 0. The summed E-state index contributed by atoms with van der Waals surface area (Å²) in [6.45, 7) is 11.8. The lowest BCUT2D eigenvalue weighted by Gasteiger charge is -2.31. The molecule has 0 radical (unpaired) electrons. The number of rotatable bonds is 5. The third kappa shape index (κ3) is 5.37. The molecule has 7 heteroatoms. The van der Waals surface area contributed by atoms with Crippen molar-refractivity contribution in [3.8, 4) is 0 Å². The zero-order chi connectivity index (χ0) is 21.0. The maximum Gasteiger partial charge on any atom is 0.409 e. The first-order valence-corrected chi connectivity index (χ1v) is 10.2. The highest BCUT2D eigenvalue weighted by atomic mass is 16.6. The maximum atomic E-state index is 11.9. The summed E-state index contributed by atoms with van der Waals surface area (Å²) in [5, 5.41) is 6.97. The van der Waals surface area contributed by atoms with E-state index in [-0.39, 0.29) is 12.1 Å². The number of likely N-dealkylation sites (tertiary alicyclic amines) is 1. The topological polar surface area (TPSA) is 79.4 Å². The normalized spacial score (nSPS) is 14.6. The SMILES string of the molecule is CCOC(=O)N1CCC(Nc2cc(Nc3c(C)cc(C)cc3C)nc(C)n2)CC1. The zero-order valence-corrected chi connectivity index (χ0v) is 18.0. The van der Waals surface area contributed by atoms with E-state index in [1.807, 2.05) is 19.9 Å². The first-order valence-electron chi connectivity index (χ1n) is 10.2. The quantitative estimate of drug-likeness (QED) is 0.774. The summed E-state index contributed by atoms with van der Waals surface area (Å²) in [6.07, 6.45) is 1.50. The first-order chi connectivity index (χ1) is 13.9. The maximum absolute atomic E-state index is 11.9. The van der Waals surface area contributed by atoms with Gasteiger partial charge in [0.15, 0.2) is 0 Å². The highest BCUT2D eigenvalue weighted by Gasteiger charge is 2.23. The molecule has 2 N–H and O–H groups in total. The molecule has 156 valence electrons. The van der Waals surface area contributed by atoms with E-state index in [1.54, 1.807) is 4.90 Å². The van der Waals surface area contributed by atoms with Gasteiger partial charge in [0.2, 0.25) is 0 Å². The fourth-order valence-corrected chi connectivity index (χ4v) is 3.84. The number of anilines is 3. The molecule has 29 heavy (non-hydrogen) atoms. The lowest BCUT2D eigenvalue weighted by Crippen LogP contribution is -2.42. The Morgan fingerprint density at radius 2 is 1.69 bits per heavy atom. The summed E-state index contributed by atoms with van der Waals surface area (Å²) in [4.78, 5) is 22.7. The summed E-state index contributed by atoms with van der Waals surface area (Å²) < 4.78 is 5.09. The molecule has 1 aliphatic heterocycles. The third-order valence-electron chi connectivity index (χ3n) is 5.14. The van der Waals surface area contributed by atoms with Gasteiger partial charge in [0.25, 0.3) is 0 Å². The lowest BCUT2D eigenvalue weighted by molar-refractivity contribution is 0.0983. The van der Waals surface area contributed by atoms with Gasteiger partial charge in [0.05, 0.1) is 6.61 Å². The lowest BCUT2D eigenvalue weighted by atomic mass is 10.0. The Bertz CT molecular complexity index is 852. The average Bonchev–Trinajstić information content (AvgIpc) is 2.65. The van der Waals surface area contributed by atoms with Crippen LogP contribution in [0, 0.1) is 27.7 Å². The second-order valence-electron chi connectivity index (χ2n) is 7.69. The Morgan fingerprint density at radius 1 is 1.07 bits per heavy atom. The Kier molecular flexibility index (Phi) is 6.56. The fourth-order valence-electron chi connectivity index (χ4n) is 3.84. The van der Waals surface area contributed by atoms with Crippen molar-refractivity contribution in [1.29, 1.82) is 0 Å². The van der Waals surface area contributed by atoms with Crippen LogP contribution in [-0.4, -0.2) is 46.7 Å². The second kappa shape index (κ2) is 9.11. The number of carbonyl (C=O) groups is 1. The number of benzene rings is 1. The van der Waals surface area contributed by atoms with Gasteiger partial charge in [-0.25, -0.2) is 14.8 Å². The van der Waals surface area contributed by atoms with Crippen molar-refractivity contribution in [2.24, 2.45) is 0 Å². The van der Waals surface area contributed by atoms with Gasteiger partial charge in [-0.15, -0.1) is 0 Å². The van der Waals surface area contributed by atoms with E-state index in [1.165, 1.54) is 16.7 Å². The molecule has 1 aromatic carbocycles. The monoisotopic (exact) mass is 397 g/mol. The summed E-state index contributed by atoms with van der Waals surface area (Å²) in [5.74, 6) is 2.29. The number of amides is 1. The second-order valence-corrected chi connectivity index (χ2v) is 7.69. The molecule has 0 unspecified atom stereocenters. The van der Waals surface area contributed by atoms with Crippen LogP contribution < -0.4 is 10.6 Å². The minimum Gasteiger partial charge on any atom is -0.450 e. The molecule has 0 bridgehead atoms. The molecule has 0 saturated carbocycles. The van der Waals surface area contributed by atoms with E-state index in [4.69, 9.17) is 4.74 Å². The molecule has 0 atom stereocenters. The fraction of sp³-hybridized carbons (Fsp3) is 0.500. The number of ether oxygens (including phenoxy) is 1. The number of hydrogen-bond donors (Lipinski definition) is 2. The molecule has 1 saturated heterocycles. The number of nitrogens with one attached hydrogen (secondary N) is 2. The van der Waals surface area contributed by atoms with Gasteiger partial charge in [0.1, 0.15) is 17.5 Å². The summed E-state index contributed by atoms with van der Waals surface area (Å²) in [5.41, 5.74) is 4.72. The molecule has 2 aromatic rings.